The number of halogens is 1. The van der Waals surface area contributed by atoms with Crippen molar-refractivity contribution in [3.8, 4) is 11.1 Å². The maximum atomic E-state index is 11.6. The van der Waals surface area contributed by atoms with E-state index >= 15 is 0 Å². The number of anilines is 1. The Hall–Kier alpha value is -2.78. The van der Waals surface area contributed by atoms with E-state index < -0.39 is 5.97 Å². The molecule has 0 atom stereocenters. The Balaban J connectivity index is 1.60. The third-order valence-electron chi connectivity index (χ3n) is 4.79. The maximum Gasteiger partial charge on any atom is 0.337 e. The van der Waals surface area contributed by atoms with Gasteiger partial charge in [0.05, 0.1) is 11.3 Å². The molecule has 0 aromatic heterocycles. The van der Waals surface area contributed by atoms with Crippen LogP contribution in [0.15, 0.2) is 66.7 Å². The predicted molar refractivity (Wildman–Crippen MR) is 105 cm³/mol. The van der Waals surface area contributed by atoms with E-state index in [-0.39, 0.29) is 5.56 Å². The van der Waals surface area contributed by atoms with Gasteiger partial charge in [0.25, 0.3) is 0 Å². The van der Waals surface area contributed by atoms with Crippen molar-refractivity contribution in [2.75, 3.05) is 11.4 Å². The highest BCUT2D eigenvalue weighted by Gasteiger charge is 2.26. The largest absolute Gasteiger partial charge is 0.478 e. The van der Waals surface area contributed by atoms with Crippen molar-refractivity contribution < 1.29 is 9.90 Å². The summed E-state index contributed by atoms with van der Waals surface area (Å²) in [4.78, 5) is 13.8. The monoisotopic (exact) mass is 363 g/mol. The molecule has 0 fully saturated rings. The molecule has 4 rings (SSSR count). The number of carboxylic acids is 1. The number of carboxylic acid groups (broad SMARTS) is 1. The lowest BCUT2D eigenvalue weighted by Gasteiger charge is -2.21. The van der Waals surface area contributed by atoms with Crippen molar-refractivity contribution in [3.63, 3.8) is 0 Å². The predicted octanol–water partition coefficient (Wildman–Crippen LogP) is 5.27. The first-order valence-corrected chi connectivity index (χ1v) is 8.94. The molecule has 0 unspecified atom stereocenters. The van der Waals surface area contributed by atoms with Gasteiger partial charge >= 0.3 is 5.97 Å². The fourth-order valence-corrected chi connectivity index (χ4v) is 3.80. The van der Waals surface area contributed by atoms with Crippen LogP contribution in [0.4, 0.5) is 5.69 Å². The van der Waals surface area contributed by atoms with Gasteiger partial charge in [-0.25, -0.2) is 4.79 Å². The Morgan fingerprint density at radius 3 is 2.38 bits per heavy atom. The second-order valence-corrected chi connectivity index (χ2v) is 6.94. The van der Waals surface area contributed by atoms with Crippen LogP contribution in [0.5, 0.6) is 0 Å². The lowest BCUT2D eigenvalue weighted by Crippen LogP contribution is -2.21. The van der Waals surface area contributed by atoms with E-state index in [1.54, 1.807) is 6.07 Å². The van der Waals surface area contributed by atoms with Gasteiger partial charge in [0.2, 0.25) is 0 Å². The summed E-state index contributed by atoms with van der Waals surface area (Å²) in [5, 5.41) is 10.0. The summed E-state index contributed by atoms with van der Waals surface area (Å²) in [5.74, 6) is -0.935. The average Bonchev–Trinajstić information content (AvgIpc) is 3.04. The second kappa shape index (κ2) is 6.85. The van der Waals surface area contributed by atoms with Crippen LogP contribution in [0.25, 0.3) is 11.1 Å². The van der Waals surface area contributed by atoms with Crippen LogP contribution in [-0.4, -0.2) is 17.6 Å². The minimum atomic E-state index is -0.935. The summed E-state index contributed by atoms with van der Waals surface area (Å²) in [7, 11) is 0. The van der Waals surface area contributed by atoms with Crippen LogP contribution in [0.2, 0.25) is 5.02 Å². The number of benzene rings is 3. The molecule has 130 valence electrons. The lowest BCUT2D eigenvalue weighted by atomic mass is 10.0. The highest BCUT2D eigenvalue weighted by Crippen LogP contribution is 2.35. The molecule has 4 heteroatoms. The van der Waals surface area contributed by atoms with Gasteiger partial charge in [-0.3, -0.25) is 0 Å². The Bertz CT molecular complexity index is 952. The van der Waals surface area contributed by atoms with E-state index in [0.29, 0.717) is 11.6 Å². The minimum absolute atomic E-state index is 0.283. The zero-order valence-corrected chi connectivity index (χ0v) is 14.9. The van der Waals surface area contributed by atoms with Crippen LogP contribution >= 0.6 is 11.6 Å². The van der Waals surface area contributed by atoms with Gasteiger partial charge in [-0.2, -0.15) is 0 Å². The molecule has 3 aromatic rings. The highest BCUT2D eigenvalue weighted by molar-refractivity contribution is 6.31. The molecule has 0 amide bonds. The smallest absolute Gasteiger partial charge is 0.337 e. The van der Waals surface area contributed by atoms with Crippen molar-refractivity contribution >= 4 is 23.3 Å². The van der Waals surface area contributed by atoms with Gasteiger partial charge in [-0.05, 0) is 40.8 Å². The number of fused-ring (bicyclic) bond motifs is 1. The fourth-order valence-electron chi connectivity index (χ4n) is 3.56. The molecule has 0 saturated carbocycles. The highest BCUT2D eigenvalue weighted by atomic mass is 35.5. The minimum Gasteiger partial charge on any atom is -0.478 e. The lowest BCUT2D eigenvalue weighted by molar-refractivity contribution is 0.0697. The van der Waals surface area contributed by atoms with E-state index in [4.69, 9.17) is 11.6 Å². The van der Waals surface area contributed by atoms with Gasteiger partial charge in [0.1, 0.15) is 0 Å². The van der Waals surface area contributed by atoms with Crippen LogP contribution in [0.1, 0.15) is 21.5 Å². The van der Waals surface area contributed by atoms with Gasteiger partial charge in [0.15, 0.2) is 0 Å². The van der Waals surface area contributed by atoms with Crippen molar-refractivity contribution in [2.24, 2.45) is 0 Å². The summed E-state index contributed by atoms with van der Waals surface area (Å²) >= 11 is 6.07. The van der Waals surface area contributed by atoms with E-state index in [9.17, 15) is 9.90 Å². The van der Waals surface area contributed by atoms with Gasteiger partial charge in [-0.15, -0.1) is 0 Å². The summed E-state index contributed by atoms with van der Waals surface area (Å²) in [5.41, 5.74) is 5.61. The SMILES string of the molecule is O=C(O)c1cc(Cl)cc2c1N(Cc1ccc(-c3ccccc3)cc1)CC2. The zero-order chi connectivity index (χ0) is 18.1. The van der Waals surface area contributed by atoms with Gasteiger partial charge in [0, 0.05) is 18.1 Å². The summed E-state index contributed by atoms with van der Waals surface area (Å²) in [6.45, 7) is 1.49. The molecule has 0 aliphatic carbocycles. The molecule has 0 spiro atoms. The summed E-state index contributed by atoms with van der Waals surface area (Å²) in [6.07, 6.45) is 0.818. The van der Waals surface area contributed by atoms with Crippen molar-refractivity contribution in [1.82, 2.24) is 0 Å². The number of rotatable bonds is 4. The number of hydrogen-bond donors (Lipinski definition) is 1. The first kappa shape index (κ1) is 16.7. The first-order valence-electron chi connectivity index (χ1n) is 8.57. The van der Waals surface area contributed by atoms with Crippen molar-refractivity contribution in [3.05, 3.63) is 88.4 Å². The Labute approximate surface area is 157 Å². The Kier molecular flexibility index (Phi) is 4.39. The molecule has 0 radical (unpaired) electrons. The topological polar surface area (TPSA) is 40.5 Å². The summed E-state index contributed by atoms with van der Waals surface area (Å²) in [6, 6.07) is 22.1. The molecule has 1 heterocycles. The Morgan fingerprint density at radius 2 is 1.69 bits per heavy atom. The normalized spacial score (nSPS) is 12.9. The second-order valence-electron chi connectivity index (χ2n) is 6.50. The van der Waals surface area contributed by atoms with Crippen LogP contribution < -0.4 is 4.90 Å². The number of aromatic carboxylic acids is 1. The average molecular weight is 364 g/mol. The molecule has 3 nitrogen and oxygen atoms in total. The quantitative estimate of drug-likeness (QED) is 0.686. The van der Waals surface area contributed by atoms with Crippen LogP contribution in [0, 0.1) is 0 Å². The van der Waals surface area contributed by atoms with E-state index in [1.165, 1.54) is 11.1 Å². The van der Waals surface area contributed by atoms with Crippen LogP contribution in [0.3, 0.4) is 0 Å². The molecular weight excluding hydrogens is 346 g/mol. The molecule has 0 bridgehead atoms. The standard InChI is InChI=1S/C22H18ClNO2/c23-19-12-18-10-11-24(21(18)20(13-19)22(25)26)14-15-6-8-17(9-7-15)16-4-2-1-3-5-16/h1-9,12-13H,10-11,14H2,(H,25,26). The molecule has 3 aromatic carbocycles. The number of hydrogen-bond acceptors (Lipinski definition) is 2. The molecule has 1 N–H and O–H groups in total. The molecule has 1 aliphatic rings. The van der Waals surface area contributed by atoms with E-state index in [0.717, 1.165) is 29.8 Å². The van der Waals surface area contributed by atoms with Crippen molar-refractivity contribution in [2.45, 2.75) is 13.0 Å². The van der Waals surface area contributed by atoms with Crippen molar-refractivity contribution in [1.29, 1.82) is 0 Å². The molecule has 1 aliphatic heterocycles. The molecule has 26 heavy (non-hydrogen) atoms. The Morgan fingerprint density at radius 1 is 1.00 bits per heavy atom. The molecular formula is C22H18ClNO2. The zero-order valence-electron chi connectivity index (χ0n) is 14.2. The fraction of sp³-hybridized carbons (Fsp3) is 0.136. The van der Waals surface area contributed by atoms with Crippen LogP contribution in [-0.2, 0) is 13.0 Å². The third-order valence-corrected chi connectivity index (χ3v) is 5.00. The number of carbonyl (C=O) groups is 1. The van der Waals surface area contributed by atoms with E-state index in [2.05, 4.69) is 41.3 Å². The maximum absolute atomic E-state index is 11.6. The van der Waals surface area contributed by atoms with E-state index in [1.807, 2.05) is 24.3 Å². The first-order chi connectivity index (χ1) is 12.6. The molecule has 0 saturated heterocycles. The third kappa shape index (κ3) is 3.18. The van der Waals surface area contributed by atoms with Gasteiger partial charge < -0.3 is 10.0 Å². The van der Waals surface area contributed by atoms with Gasteiger partial charge in [-0.1, -0.05) is 66.2 Å². The number of nitrogens with zero attached hydrogens (tertiary/aromatic N) is 1. The summed E-state index contributed by atoms with van der Waals surface area (Å²) < 4.78 is 0.